The lowest BCUT2D eigenvalue weighted by molar-refractivity contribution is -0.209. The Labute approximate surface area is 310 Å². The number of carbonyl (C=O) groups is 5. The van der Waals surface area contributed by atoms with E-state index >= 15 is 0 Å². The van der Waals surface area contributed by atoms with Gasteiger partial charge in [0.15, 0.2) is 5.79 Å². The summed E-state index contributed by atoms with van der Waals surface area (Å²) in [5.74, 6) is -3.30. The van der Waals surface area contributed by atoms with Crippen molar-refractivity contribution in [1.82, 2.24) is 15.5 Å². The molecule has 290 valence electrons. The standard InChI is InChI=1S/C39H53N3O11/c1-22(44)33(36(48)40-27(21-43)16-18-32(46)52-38(2,3)4)41-35(47)24-19-29(34-30(20-24)51-39(53-34,25-12-13-25)26-14-15-26)50-37(49)28-10-8-7-9-23(28)11-17-31(45)42(5)6/h7-11,17,20,22,25-27,29-30,33-34,43-44H,12-16,18-19,21H2,1-6H3,(H,40,48)(H,41,47). The van der Waals surface area contributed by atoms with Gasteiger partial charge in [-0.15, -0.1) is 0 Å². The van der Waals surface area contributed by atoms with E-state index in [1.165, 1.54) is 17.9 Å². The summed E-state index contributed by atoms with van der Waals surface area (Å²) in [4.78, 5) is 66.8. The van der Waals surface area contributed by atoms with Gasteiger partial charge in [0.1, 0.15) is 30.0 Å². The molecule has 0 aromatic heterocycles. The molecule has 0 radical (unpaired) electrons. The molecule has 14 nitrogen and oxygen atoms in total. The van der Waals surface area contributed by atoms with E-state index in [1.54, 1.807) is 71.3 Å². The number of aliphatic hydroxyl groups is 2. The number of fused-ring (bicyclic) bond motifs is 1. The minimum atomic E-state index is -1.42. The van der Waals surface area contributed by atoms with Crippen LogP contribution in [0.4, 0.5) is 0 Å². The maximum atomic E-state index is 13.9. The highest BCUT2D eigenvalue weighted by Gasteiger charge is 2.64. The molecule has 1 heterocycles. The Hall–Kier alpha value is -4.11. The van der Waals surface area contributed by atoms with E-state index in [-0.39, 0.29) is 48.1 Å². The maximum absolute atomic E-state index is 13.9. The van der Waals surface area contributed by atoms with Crippen LogP contribution in [-0.4, -0.2) is 113 Å². The predicted molar refractivity (Wildman–Crippen MR) is 192 cm³/mol. The number of nitrogens with one attached hydrogen (secondary N) is 2. The van der Waals surface area contributed by atoms with Crippen LogP contribution in [-0.2, 0) is 38.1 Å². The Morgan fingerprint density at radius 1 is 1.04 bits per heavy atom. The van der Waals surface area contributed by atoms with Gasteiger partial charge in [-0.1, -0.05) is 18.2 Å². The Bertz CT molecular complexity index is 1590. The molecule has 2 saturated carbocycles. The number of aliphatic hydroxyl groups excluding tert-OH is 2. The summed E-state index contributed by atoms with van der Waals surface area (Å²) in [5, 5.41) is 25.7. The van der Waals surface area contributed by atoms with Crippen molar-refractivity contribution in [1.29, 1.82) is 0 Å². The summed E-state index contributed by atoms with van der Waals surface area (Å²) >= 11 is 0. The molecular weight excluding hydrogens is 686 g/mol. The number of carbonyl (C=O) groups excluding carboxylic acids is 5. The predicted octanol–water partition coefficient (Wildman–Crippen LogP) is 2.41. The van der Waals surface area contributed by atoms with Crippen molar-refractivity contribution < 1.29 is 53.1 Å². The molecule has 1 aromatic rings. The van der Waals surface area contributed by atoms with E-state index in [0.29, 0.717) is 5.56 Å². The van der Waals surface area contributed by atoms with Gasteiger partial charge in [-0.25, -0.2) is 4.79 Å². The van der Waals surface area contributed by atoms with Crippen LogP contribution in [0.5, 0.6) is 0 Å². The van der Waals surface area contributed by atoms with Crippen molar-refractivity contribution >= 4 is 35.7 Å². The molecule has 1 aromatic carbocycles. The summed E-state index contributed by atoms with van der Waals surface area (Å²) in [6, 6.07) is 4.45. The molecule has 3 amide bonds. The number of hydrogen-bond acceptors (Lipinski definition) is 11. The molecule has 3 fully saturated rings. The molecule has 1 aliphatic heterocycles. The number of nitrogens with zero attached hydrogens (tertiary/aromatic N) is 1. The second kappa shape index (κ2) is 16.5. The van der Waals surface area contributed by atoms with E-state index in [4.69, 9.17) is 18.9 Å². The second-order valence-electron chi connectivity index (χ2n) is 15.6. The maximum Gasteiger partial charge on any atom is 0.339 e. The van der Waals surface area contributed by atoms with E-state index in [2.05, 4.69) is 10.6 Å². The zero-order valence-corrected chi connectivity index (χ0v) is 31.3. The number of likely N-dealkylation sites (N-methyl/N-ethyl adjacent to an activating group) is 1. The largest absolute Gasteiger partial charge is 0.460 e. The summed E-state index contributed by atoms with van der Waals surface area (Å²) in [7, 11) is 3.24. The molecule has 53 heavy (non-hydrogen) atoms. The summed E-state index contributed by atoms with van der Waals surface area (Å²) < 4.78 is 24.8. The minimum absolute atomic E-state index is 0.0616. The van der Waals surface area contributed by atoms with Crippen molar-refractivity contribution in [2.24, 2.45) is 11.8 Å². The first-order chi connectivity index (χ1) is 25.0. The van der Waals surface area contributed by atoms with Gasteiger partial charge < -0.3 is 44.7 Å². The Kier molecular flexibility index (Phi) is 12.5. The minimum Gasteiger partial charge on any atom is -0.460 e. The van der Waals surface area contributed by atoms with Gasteiger partial charge in [-0.3, -0.25) is 19.2 Å². The van der Waals surface area contributed by atoms with Crippen LogP contribution in [0.15, 0.2) is 42.0 Å². The molecular formula is C39H53N3O11. The lowest BCUT2D eigenvalue weighted by Gasteiger charge is -2.32. The third-order valence-electron chi connectivity index (χ3n) is 9.72. The number of rotatable bonds is 15. The van der Waals surface area contributed by atoms with Crippen LogP contribution in [0, 0.1) is 11.8 Å². The zero-order chi connectivity index (χ0) is 38.7. The van der Waals surface area contributed by atoms with Crippen LogP contribution in [0.2, 0.25) is 0 Å². The van der Waals surface area contributed by atoms with Gasteiger partial charge in [-0.05, 0) is 83.6 Å². The van der Waals surface area contributed by atoms with Crippen molar-refractivity contribution in [3.05, 3.63) is 53.1 Å². The van der Waals surface area contributed by atoms with E-state index in [1.807, 2.05) is 0 Å². The normalized spacial score (nSPS) is 23.9. The van der Waals surface area contributed by atoms with Crippen LogP contribution in [0.3, 0.4) is 0 Å². The molecule has 0 spiro atoms. The van der Waals surface area contributed by atoms with E-state index < -0.39 is 78.2 Å². The highest BCUT2D eigenvalue weighted by Crippen LogP contribution is 2.59. The smallest absolute Gasteiger partial charge is 0.339 e. The fourth-order valence-corrected chi connectivity index (χ4v) is 6.73. The van der Waals surface area contributed by atoms with Crippen molar-refractivity contribution in [2.75, 3.05) is 20.7 Å². The quantitative estimate of drug-likeness (QED) is 0.153. The van der Waals surface area contributed by atoms with Crippen molar-refractivity contribution in [3.63, 3.8) is 0 Å². The van der Waals surface area contributed by atoms with Gasteiger partial charge in [0.05, 0.1) is 24.3 Å². The molecule has 1 saturated heterocycles. The number of ether oxygens (including phenoxy) is 4. The number of hydrogen-bond donors (Lipinski definition) is 4. The summed E-state index contributed by atoms with van der Waals surface area (Å²) in [6.45, 7) is 6.07. The number of benzene rings is 1. The molecule has 6 unspecified atom stereocenters. The molecule has 3 aliphatic carbocycles. The third kappa shape index (κ3) is 10.1. The Morgan fingerprint density at radius 2 is 1.70 bits per heavy atom. The first-order valence-corrected chi connectivity index (χ1v) is 18.4. The Morgan fingerprint density at radius 3 is 2.28 bits per heavy atom. The molecule has 14 heteroatoms. The van der Waals surface area contributed by atoms with Gasteiger partial charge in [0.2, 0.25) is 17.7 Å². The molecule has 4 N–H and O–H groups in total. The Balaban J connectivity index is 1.33. The van der Waals surface area contributed by atoms with E-state index in [9.17, 15) is 34.2 Å². The zero-order valence-electron chi connectivity index (χ0n) is 31.3. The molecule has 6 atom stereocenters. The topological polar surface area (TPSA) is 190 Å². The van der Waals surface area contributed by atoms with Crippen molar-refractivity contribution in [3.8, 4) is 0 Å². The van der Waals surface area contributed by atoms with Gasteiger partial charge >= 0.3 is 11.9 Å². The summed E-state index contributed by atoms with van der Waals surface area (Å²) in [6.07, 6.45) is 4.59. The lowest BCUT2D eigenvalue weighted by Crippen LogP contribution is -2.55. The fraction of sp³-hybridized carbons (Fsp3) is 0.615. The first kappa shape index (κ1) is 40.1. The number of amides is 3. The first-order valence-electron chi connectivity index (χ1n) is 18.4. The molecule has 0 bridgehead atoms. The van der Waals surface area contributed by atoms with Crippen LogP contribution < -0.4 is 10.6 Å². The van der Waals surface area contributed by atoms with Gasteiger partial charge in [0.25, 0.3) is 0 Å². The average molecular weight is 740 g/mol. The molecule has 4 aliphatic rings. The fourth-order valence-electron chi connectivity index (χ4n) is 6.73. The monoisotopic (exact) mass is 739 g/mol. The summed E-state index contributed by atoms with van der Waals surface area (Å²) in [5.41, 5.74) is 0.185. The average Bonchev–Trinajstić information content (AvgIpc) is 4.04. The highest BCUT2D eigenvalue weighted by molar-refractivity contribution is 5.99. The van der Waals surface area contributed by atoms with Crippen LogP contribution >= 0.6 is 0 Å². The van der Waals surface area contributed by atoms with E-state index in [0.717, 1.165) is 25.7 Å². The SMILES string of the molecule is CC(O)C(NC(=O)C1=CC2OC(C3CC3)(C3CC3)OC2C(OC(=O)c2ccccc2C=CC(=O)N(C)C)C1)C(=O)NC(CO)CCC(=O)OC(C)(C)C. The third-order valence-corrected chi connectivity index (χ3v) is 9.72. The number of esters is 2. The van der Waals surface area contributed by atoms with Crippen LogP contribution in [0.25, 0.3) is 6.08 Å². The van der Waals surface area contributed by atoms with Gasteiger partial charge in [0, 0.05) is 50.4 Å². The second-order valence-corrected chi connectivity index (χ2v) is 15.6. The molecule has 5 rings (SSSR count). The lowest BCUT2D eigenvalue weighted by atomic mass is 9.91. The van der Waals surface area contributed by atoms with Crippen LogP contribution in [0.1, 0.15) is 88.6 Å². The highest BCUT2D eigenvalue weighted by atomic mass is 16.8. The van der Waals surface area contributed by atoms with Gasteiger partial charge in [-0.2, -0.15) is 0 Å². The van der Waals surface area contributed by atoms with Crippen molar-refractivity contribution in [2.45, 2.75) is 121 Å².